The van der Waals surface area contributed by atoms with E-state index >= 15 is 0 Å². The molecular weight excluding hydrogens is 429 g/mol. The first kappa shape index (κ1) is 17.3. The summed E-state index contributed by atoms with van der Waals surface area (Å²) in [5.41, 5.74) is 0.315. The van der Waals surface area contributed by atoms with Crippen molar-refractivity contribution in [3.05, 3.63) is 28.6 Å². The predicted molar refractivity (Wildman–Crippen MR) is 122 cm³/mol. The lowest BCUT2D eigenvalue weighted by Crippen LogP contribution is -2.43. The van der Waals surface area contributed by atoms with E-state index in [-0.39, 0.29) is 0 Å². The molecule has 0 aliphatic carbocycles. The second kappa shape index (κ2) is 6.68. The van der Waals surface area contributed by atoms with Crippen LogP contribution in [0.4, 0.5) is 0 Å². The minimum Gasteiger partial charge on any atom is -0.133 e. The molecule has 0 nitrogen and oxygen atoms in total. The number of thioether (sulfide) groups is 7. The monoisotopic (exact) mass is 444 g/mol. The van der Waals surface area contributed by atoms with Crippen molar-refractivity contribution in [1.29, 1.82) is 0 Å². The van der Waals surface area contributed by atoms with Gasteiger partial charge in [0.1, 0.15) is 0 Å². The summed E-state index contributed by atoms with van der Waals surface area (Å²) in [4.78, 5) is 4.16. The second-order valence-electron chi connectivity index (χ2n) is 6.43. The highest BCUT2D eigenvalue weighted by atomic mass is 32.3. The van der Waals surface area contributed by atoms with E-state index in [0.717, 1.165) is 13.7 Å². The third-order valence-corrected chi connectivity index (χ3v) is 14.9. The van der Waals surface area contributed by atoms with Crippen molar-refractivity contribution in [2.24, 2.45) is 5.41 Å². The molecule has 0 amide bonds. The maximum atomic E-state index is 3.76. The molecule has 0 aromatic heterocycles. The van der Waals surface area contributed by atoms with E-state index in [9.17, 15) is 0 Å². The summed E-state index contributed by atoms with van der Waals surface area (Å²) in [6.45, 7) is 4.44. The van der Waals surface area contributed by atoms with Crippen molar-refractivity contribution < 1.29 is 0 Å². The lowest BCUT2D eigenvalue weighted by atomic mass is 9.79. The minimum atomic E-state index is 0.315. The van der Waals surface area contributed by atoms with Gasteiger partial charge in [0.05, 0.1) is 27.1 Å². The highest BCUT2D eigenvalue weighted by molar-refractivity contribution is 8.34. The van der Waals surface area contributed by atoms with E-state index in [1.54, 1.807) is 0 Å². The number of rotatable bonds is 0. The average molecular weight is 445 g/mol. The predicted octanol–water partition coefficient (Wildman–Crippen LogP) is 7.54. The largest absolute Gasteiger partial charge is 0.133 e. The van der Waals surface area contributed by atoms with Gasteiger partial charge in [0.2, 0.25) is 0 Å². The van der Waals surface area contributed by atoms with Gasteiger partial charge in [0.15, 0.2) is 0 Å². The molecule has 4 fully saturated rings. The molecule has 0 N–H and O–H groups in total. The van der Waals surface area contributed by atoms with Gasteiger partial charge in [-0.1, -0.05) is 58.9 Å². The molecule has 6 aliphatic rings. The molecule has 4 saturated heterocycles. The van der Waals surface area contributed by atoms with Crippen LogP contribution in [-0.2, 0) is 0 Å². The molecule has 126 valence electrons. The van der Waals surface area contributed by atoms with Crippen LogP contribution in [0.15, 0.2) is 28.6 Å². The van der Waals surface area contributed by atoms with Crippen LogP contribution < -0.4 is 0 Å². The number of hydrogen-bond acceptors (Lipinski definition) is 7. The Kier molecular flexibility index (Phi) is 4.83. The highest BCUT2D eigenvalue weighted by Crippen LogP contribution is 2.66. The zero-order valence-corrected chi connectivity index (χ0v) is 19.0. The Bertz CT molecular complexity index is 697. The van der Waals surface area contributed by atoms with Gasteiger partial charge in [-0.2, -0.15) is 0 Å². The fourth-order valence-electron chi connectivity index (χ4n) is 3.37. The summed E-state index contributed by atoms with van der Waals surface area (Å²) in [5, 5.41) is 2.27. The van der Waals surface area contributed by atoms with Gasteiger partial charge < -0.3 is 0 Å². The average Bonchev–Trinajstić information content (AvgIpc) is 3.11. The van der Waals surface area contributed by atoms with Crippen molar-refractivity contribution in [3.8, 4) is 11.8 Å². The third-order valence-electron chi connectivity index (χ3n) is 4.66. The fraction of sp³-hybridized carbons (Fsp3) is 0.529. The second-order valence-corrected chi connectivity index (χ2v) is 16.5. The van der Waals surface area contributed by atoms with Crippen molar-refractivity contribution in [2.75, 3.05) is 0 Å². The fourth-order valence-corrected chi connectivity index (χ4v) is 15.6. The van der Waals surface area contributed by atoms with Crippen molar-refractivity contribution in [3.63, 3.8) is 0 Å². The molecule has 0 saturated carbocycles. The number of allylic oxidation sites excluding steroid dienone is 3. The first-order chi connectivity index (χ1) is 11.6. The molecule has 6 rings (SSSR count). The van der Waals surface area contributed by atoms with Crippen molar-refractivity contribution in [1.82, 2.24) is 0 Å². The van der Waals surface area contributed by atoms with Gasteiger partial charge in [0, 0.05) is 5.41 Å². The minimum absolute atomic E-state index is 0.315. The van der Waals surface area contributed by atoms with Crippen LogP contribution in [0.2, 0.25) is 0 Å². The zero-order valence-electron chi connectivity index (χ0n) is 13.3. The third kappa shape index (κ3) is 3.27. The first-order valence-electron chi connectivity index (χ1n) is 7.90. The van der Waals surface area contributed by atoms with Gasteiger partial charge >= 0.3 is 0 Å². The van der Waals surface area contributed by atoms with Crippen molar-refractivity contribution >= 4 is 82.3 Å². The molecule has 7 heteroatoms. The van der Waals surface area contributed by atoms with Gasteiger partial charge in [-0.25, -0.2) is 0 Å². The first-order valence-corrected chi connectivity index (χ1v) is 14.1. The van der Waals surface area contributed by atoms with Crippen LogP contribution in [-0.4, -0.2) is 13.7 Å². The van der Waals surface area contributed by atoms with Crippen LogP contribution in [0.25, 0.3) is 0 Å². The molecule has 0 radical (unpaired) electrons. The van der Waals surface area contributed by atoms with Gasteiger partial charge in [-0.3, -0.25) is 0 Å². The summed E-state index contributed by atoms with van der Waals surface area (Å²) in [6, 6.07) is 0. The van der Waals surface area contributed by atoms with Crippen LogP contribution in [0, 0.1) is 17.3 Å². The van der Waals surface area contributed by atoms with E-state index in [1.165, 1.54) is 42.5 Å². The Morgan fingerprint density at radius 2 is 1.46 bits per heavy atom. The summed E-state index contributed by atoms with van der Waals surface area (Å²) in [7, 11) is 0. The summed E-state index contributed by atoms with van der Waals surface area (Å²) >= 11 is 14.2. The van der Waals surface area contributed by atoms with Gasteiger partial charge in [0.25, 0.3) is 0 Å². The van der Waals surface area contributed by atoms with Crippen molar-refractivity contribution in [2.45, 2.75) is 46.9 Å². The smallest absolute Gasteiger partial charge is 0.0707 e. The molecule has 24 heavy (non-hydrogen) atoms. The SMILES string of the molecule is CC1=C(C)SC(=C2SC=C(C#CC34CC5SC(C3)SC(C4)S5)S2)S1. The van der Waals surface area contributed by atoms with E-state index < -0.39 is 0 Å². The molecule has 4 bridgehead atoms. The Morgan fingerprint density at radius 1 is 0.875 bits per heavy atom. The van der Waals surface area contributed by atoms with Gasteiger partial charge in [-0.05, 0) is 48.3 Å². The molecular formula is C17H16S7. The van der Waals surface area contributed by atoms with E-state index in [1.807, 2.05) is 47.0 Å². The summed E-state index contributed by atoms with van der Waals surface area (Å²) < 4.78 is 5.29. The Hall–Kier alpha value is 1.23. The Morgan fingerprint density at radius 3 is 2.04 bits per heavy atom. The zero-order chi connectivity index (χ0) is 16.3. The van der Waals surface area contributed by atoms with Crippen LogP contribution in [0.1, 0.15) is 33.1 Å². The topological polar surface area (TPSA) is 0 Å². The normalized spacial score (nSPS) is 40.2. The van der Waals surface area contributed by atoms with E-state index in [4.69, 9.17) is 0 Å². The summed E-state index contributed by atoms with van der Waals surface area (Å²) in [6.07, 6.45) is 3.90. The van der Waals surface area contributed by atoms with Crippen LogP contribution in [0.3, 0.4) is 0 Å². The standard InChI is InChI=1S/C17H16S7/c1-9-10(2)20-16(19-9)15-18-8-11(21-15)3-4-17-5-12-22-13(6-17)24-14(7-17)23-12/h8,12-14H,5-7H2,1-2H3. The summed E-state index contributed by atoms with van der Waals surface area (Å²) in [5.74, 6) is 7.33. The molecule has 0 aromatic carbocycles. The highest BCUT2D eigenvalue weighted by Gasteiger charge is 2.52. The molecule has 0 atom stereocenters. The molecule has 6 heterocycles. The Labute approximate surface area is 173 Å². The number of hydrogen-bond donors (Lipinski definition) is 0. The maximum Gasteiger partial charge on any atom is 0.0707 e. The quantitative estimate of drug-likeness (QED) is 0.349. The lowest BCUT2D eigenvalue weighted by molar-refractivity contribution is 0.322. The molecule has 0 spiro atoms. The lowest BCUT2D eigenvalue weighted by Gasteiger charge is -2.53. The van der Waals surface area contributed by atoms with E-state index in [2.05, 4.69) is 66.4 Å². The van der Waals surface area contributed by atoms with E-state index in [0.29, 0.717) is 5.41 Å². The van der Waals surface area contributed by atoms with Gasteiger partial charge in [-0.15, -0.1) is 35.3 Å². The van der Waals surface area contributed by atoms with Crippen LogP contribution in [0.5, 0.6) is 0 Å². The van der Waals surface area contributed by atoms with Crippen LogP contribution >= 0.6 is 82.3 Å². The molecule has 0 aromatic rings. The molecule has 6 aliphatic heterocycles. The molecule has 0 unspecified atom stereocenters. The Balaban J connectivity index is 1.31. The maximum absolute atomic E-state index is 3.76.